The lowest BCUT2D eigenvalue weighted by atomic mass is 9.86. The first-order valence-electron chi connectivity index (χ1n) is 7.90. The van der Waals surface area contributed by atoms with Crippen LogP contribution in [0.2, 0.25) is 0 Å². The van der Waals surface area contributed by atoms with E-state index in [0.717, 1.165) is 16.4 Å². The molecule has 116 valence electrons. The van der Waals surface area contributed by atoms with Crippen molar-refractivity contribution < 1.29 is 4.79 Å². The van der Waals surface area contributed by atoms with E-state index in [-0.39, 0.29) is 5.91 Å². The number of carbonyl (C=O) groups is 1. The Hall–Kier alpha value is -1.55. The van der Waals surface area contributed by atoms with Crippen LogP contribution < -0.4 is 5.32 Å². The molecule has 2 aliphatic rings. The van der Waals surface area contributed by atoms with Crippen LogP contribution in [0.25, 0.3) is 6.08 Å². The lowest BCUT2D eigenvalue weighted by Crippen LogP contribution is -2.44. The Morgan fingerprint density at radius 2 is 1.91 bits per heavy atom. The highest BCUT2D eigenvalue weighted by Crippen LogP contribution is 2.36. The molecule has 1 N–H and O–H groups in total. The van der Waals surface area contributed by atoms with E-state index < -0.39 is 5.41 Å². The van der Waals surface area contributed by atoms with Crippen LogP contribution in [0.15, 0.2) is 41.0 Å². The first kappa shape index (κ1) is 15.3. The molecule has 1 fully saturated rings. The molecule has 0 saturated heterocycles. The predicted molar refractivity (Wildman–Crippen MR) is 93.6 cm³/mol. The summed E-state index contributed by atoms with van der Waals surface area (Å²) >= 11 is 1.72. The Bertz CT molecular complexity index is 613. The predicted octanol–water partition coefficient (Wildman–Crippen LogP) is 4.22. The van der Waals surface area contributed by atoms with E-state index in [1.54, 1.807) is 11.8 Å². The number of amides is 1. The molecule has 1 aliphatic carbocycles. The number of nitrogens with one attached hydrogen (secondary N) is 1. The van der Waals surface area contributed by atoms with E-state index in [9.17, 15) is 4.79 Å². The molecule has 0 spiro atoms. The van der Waals surface area contributed by atoms with Gasteiger partial charge in [-0.05, 0) is 38.3 Å². The third-order valence-electron chi connectivity index (χ3n) is 4.33. The van der Waals surface area contributed by atoms with Crippen molar-refractivity contribution in [1.82, 2.24) is 5.32 Å². The van der Waals surface area contributed by atoms with Crippen LogP contribution in [-0.2, 0) is 4.79 Å². The van der Waals surface area contributed by atoms with Crippen molar-refractivity contribution in [3.8, 4) is 0 Å². The van der Waals surface area contributed by atoms with Gasteiger partial charge in [-0.1, -0.05) is 54.9 Å². The number of carbonyl (C=O) groups excluding carboxylic acids is 1. The molecule has 3 nitrogen and oxygen atoms in total. The molecule has 4 heteroatoms. The van der Waals surface area contributed by atoms with Gasteiger partial charge in [0, 0.05) is 5.25 Å². The molecule has 3 rings (SSSR count). The summed E-state index contributed by atoms with van der Waals surface area (Å²) in [6, 6.07) is 10.1. The molecule has 1 aromatic carbocycles. The van der Waals surface area contributed by atoms with Crippen molar-refractivity contribution in [2.45, 2.75) is 44.8 Å². The van der Waals surface area contributed by atoms with Crippen LogP contribution >= 0.6 is 11.8 Å². The van der Waals surface area contributed by atoms with Crippen LogP contribution in [0.3, 0.4) is 0 Å². The number of hydrogen-bond acceptors (Lipinski definition) is 3. The van der Waals surface area contributed by atoms with Gasteiger partial charge >= 0.3 is 0 Å². The minimum absolute atomic E-state index is 0.0326. The normalized spacial score (nSPS) is 23.5. The molecule has 1 amide bonds. The van der Waals surface area contributed by atoms with E-state index in [2.05, 4.69) is 5.32 Å². The number of thioether (sulfide) groups is 1. The highest BCUT2D eigenvalue weighted by molar-refractivity contribution is 8.14. The number of nitrogens with zero attached hydrogens (tertiary/aromatic N) is 1. The van der Waals surface area contributed by atoms with Crippen LogP contribution in [0.1, 0.15) is 45.1 Å². The van der Waals surface area contributed by atoms with Gasteiger partial charge in [0.25, 0.3) is 0 Å². The zero-order valence-electron chi connectivity index (χ0n) is 13.1. The largest absolute Gasteiger partial charge is 0.304 e. The maximum atomic E-state index is 12.5. The number of amidine groups is 1. The summed E-state index contributed by atoms with van der Waals surface area (Å²) < 4.78 is 0. The summed E-state index contributed by atoms with van der Waals surface area (Å²) in [5.41, 5.74) is 1.31. The average molecular weight is 314 g/mol. The zero-order valence-corrected chi connectivity index (χ0v) is 14.0. The van der Waals surface area contributed by atoms with Crippen LogP contribution in [0.4, 0.5) is 0 Å². The highest BCUT2D eigenvalue weighted by atomic mass is 32.2. The van der Waals surface area contributed by atoms with Crippen molar-refractivity contribution in [3.63, 3.8) is 0 Å². The molecule has 0 atom stereocenters. The van der Waals surface area contributed by atoms with Crippen molar-refractivity contribution >= 4 is 28.9 Å². The minimum atomic E-state index is -0.602. The molecule has 0 unspecified atom stereocenters. The maximum absolute atomic E-state index is 12.5. The van der Waals surface area contributed by atoms with Crippen molar-refractivity contribution in [2.75, 3.05) is 0 Å². The Labute approximate surface area is 136 Å². The fourth-order valence-corrected chi connectivity index (χ4v) is 3.97. The van der Waals surface area contributed by atoms with Crippen molar-refractivity contribution in [2.24, 2.45) is 10.4 Å². The fraction of sp³-hybridized carbons (Fsp3) is 0.444. The lowest BCUT2D eigenvalue weighted by molar-refractivity contribution is -0.126. The molecular formula is C18H22N2OS. The van der Waals surface area contributed by atoms with Gasteiger partial charge in [-0.15, -0.1) is 0 Å². The van der Waals surface area contributed by atoms with Crippen molar-refractivity contribution in [3.05, 3.63) is 41.6 Å². The van der Waals surface area contributed by atoms with Gasteiger partial charge in [0.05, 0.1) is 11.1 Å². The molecule has 1 aliphatic heterocycles. The first-order valence-corrected chi connectivity index (χ1v) is 8.78. The van der Waals surface area contributed by atoms with Gasteiger partial charge in [-0.3, -0.25) is 4.79 Å². The molecule has 1 saturated carbocycles. The highest BCUT2D eigenvalue weighted by Gasteiger charge is 2.37. The van der Waals surface area contributed by atoms with E-state index in [0.29, 0.717) is 5.25 Å². The Morgan fingerprint density at radius 3 is 2.59 bits per heavy atom. The maximum Gasteiger partial charge on any atom is 0.237 e. The van der Waals surface area contributed by atoms with Gasteiger partial charge < -0.3 is 5.32 Å². The van der Waals surface area contributed by atoms with Gasteiger partial charge in [0.2, 0.25) is 5.91 Å². The number of rotatable bonds is 2. The van der Waals surface area contributed by atoms with E-state index in [1.807, 2.05) is 50.3 Å². The molecule has 1 aromatic rings. The summed E-state index contributed by atoms with van der Waals surface area (Å²) in [5.74, 6) is 0.0326. The Morgan fingerprint density at radius 1 is 1.23 bits per heavy atom. The second-order valence-corrected chi connectivity index (χ2v) is 7.75. The summed E-state index contributed by atoms with van der Waals surface area (Å²) in [4.78, 5) is 17.2. The molecule has 1 heterocycles. The van der Waals surface area contributed by atoms with Crippen LogP contribution in [0, 0.1) is 5.41 Å². The quantitative estimate of drug-likeness (QED) is 0.888. The molecule has 22 heavy (non-hydrogen) atoms. The summed E-state index contributed by atoms with van der Waals surface area (Å²) in [6.07, 6.45) is 7.05. The number of benzene rings is 1. The third-order valence-corrected chi connectivity index (χ3v) is 5.56. The zero-order chi connectivity index (χ0) is 15.6. The van der Waals surface area contributed by atoms with Gasteiger partial charge in [-0.2, -0.15) is 0 Å². The molecule has 0 aromatic heterocycles. The topological polar surface area (TPSA) is 41.5 Å². The Kier molecular flexibility index (Phi) is 4.39. The standard InChI is InChI=1S/C18H22N2OS/c1-18(2)15(12-13-8-4-3-5-9-13)19-17(20-16(18)21)22-14-10-6-7-11-14/h3-5,8-9,12,14H,6-7,10-11H2,1-2H3,(H,19,20,21)/b15-12+. The lowest BCUT2D eigenvalue weighted by Gasteiger charge is -2.30. The van der Waals surface area contributed by atoms with E-state index in [1.165, 1.54) is 25.7 Å². The van der Waals surface area contributed by atoms with Crippen molar-refractivity contribution in [1.29, 1.82) is 0 Å². The molecular weight excluding hydrogens is 292 g/mol. The summed E-state index contributed by atoms with van der Waals surface area (Å²) in [6.45, 7) is 3.86. The molecule has 0 radical (unpaired) electrons. The van der Waals surface area contributed by atoms with Crippen LogP contribution in [0.5, 0.6) is 0 Å². The van der Waals surface area contributed by atoms with E-state index in [4.69, 9.17) is 4.99 Å². The summed E-state index contributed by atoms with van der Waals surface area (Å²) in [7, 11) is 0. The second-order valence-electron chi connectivity index (χ2n) is 6.46. The van der Waals surface area contributed by atoms with Gasteiger partial charge in [0.1, 0.15) is 0 Å². The Balaban J connectivity index is 1.89. The monoisotopic (exact) mass is 314 g/mol. The number of hydrogen-bond donors (Lipinski definition) is 1. The SMILES string of the molecule is CC1(C)C(=O)NC(SC2CCCC2)=N/C1=C/c1ccccc1. The minimum Gasteiger partial charge on any atom is -0.304 e. The summed E-state index contributed by atoms with van der Waals surface area (Å²) in [5, 5.41) is 4.34. The molecule has 0 bridgehead atoms. The first-order chi connectivity index (χ1) is 10.6. The third kappa shape index (κ3) is 3.27. The number of aliphatic imine (C=N–C) groups is 1. The van der Waals surface area contributed by atoms with E-state index >= 15 is 0 Å². The smallest absolute Gasteiger partial charge is 0.237 e. The van der Waals surface area contributed by atoms with Crippen LogP contribution in [-0.4, -0.2) is 16.3 Å². The fourth-order valence-electron chi connectivity index (χ4n) is 2.79. The second kappa shape index (κ2) is 6.29. The van der Waals surface area contributed by atoms with Gasteiger partial charge in [0.15, 0.2) is 5.17 Å². The van der Waals surface area contributed by atoms with Gasteiger partial charge in [-0.25, -0.2) is 4.99 Å². The average Bonchev–Trinajstić information content (AvgIpc) is 2.99.